The van der Waals surface area contributed by atoms with Crippen LogP contribution < -0.4 is 5.32 Å². The van der Waals surface area contributed by atoms with E-state index in [-0.39, 0.29) is 17.2 Å². The summed E-state index contributed by atoms with van der Waals surface area (Å²) in [4.78, 5) is 13.6. The molecule has 2 unspecified atom stereocenters. The van der Waals surface area contributed by atoms with Gasteiger partial charge in [-0.2, -0.15) is 0 Å². The van der Waals surface area contributed by atoms with Crippen LogP contribution in [0, 0.1) is 13.8 Å². The lowest BCUT2D eigenvalue weighted by Gasteiger charge is -2.21. The third-order valence-corrected chi connectivity index (χ3v) is 5.20. The van der Waals surface area contributed by atoms with Gasteiger partial charge in [0.05, 0.1) is 11.3 Å². The Kier molecular flexibility index (Phi) is 6.28. The van der Waals surface area contributed by atoms with Gasteiger partial charge in [-0.3, -0.25) is 4.79 Å². The lowest BCUT2D eigenvalue weighted by atomic mass is 9.99. The predicted molar refractivity (Wildman–Crippen MR) is 98.9 cm³/mol. The Hall–Kier alpha value is -1.74. The Labute approximate surface area is 143 Å². The van der Waals surface area contributed by atoms with E-state index in [0.29, 0.717) is 0 Å². The molecule has 0 aromatic heterocycles. The fourth-order valence-corrected chi connectivity index (χ4v) is 3.35. The maximum absolute atomic E-state index is 12.5. The van der Waals surface area contributed by atoms with Crippen LogP contribution in [0.2, 0.25) is 0 Å². The molecule has 0 bridgehead atoms. The normalized spacial score (nSPS) is 13.4. The number of nitrogens with one attached hydrogen (secondary N) is 1. The molecule has 0 saturated heterocycles. The summed E-state index contributed by atoms with van der Waals surface area (Å²) in [6.45, 7) is 8.29. The number of amides is 1. The number of aryl methyl sites for hydroxylation is 2. The second-order valence-electron chi connectivity index (χ2n) is 5.89. The van der Waals surface area contributed by atoms with E-state index in [4.69, 9.17) is 0 Å². The number of thioether (sulfide) groups is 1. The van der Waals surface area contributed by atoms with Crippen molar-refractivity contribution < 1.29 is 4.79 Å². The molecule has 2 rings (SSSR count). The summed E-state index contributed by atoms with van der Waals surface area (Å²) in [7, 11) is 0. The summed E-state index contributed by atoms with van der Waals surface area (Å²) in [5.74, 6) is 0.0870. The van der Waals surface area contributed by atoms with Crippen molar-refractivity contribution in [2.24, 2.45) is 0 Å². The Bertz CT molecular complexity index is 654. The fourth-order valence-electron chi connectivity index (χ4n) is 2.45. The van der Waals surface area contributed by atoms with Gasteiger partial charge in [-0.1, -0.05) is 43.3 Å². The molecule has 23 heavy (non-hydrogen) atoms. The second kappa shape index (κ2) is 8.21. The first kappa shape index (κ1) is 17.6. The average molecular weight is 327 g/mol. The van der Waals surface area contributed by atoms with E-state index < -0.39 is 0 Å². The Morgan fingerprint density at radius 2 is 1.78 bits per heavy atom. The summed E-state index contributed by atoms with van der Waals surface area (Å²) < 4.78 is 0. The van der Waals surface area contributed by atoms with Gasteiger partial charge in [0.1, 0.15) is 0 Å². The molecule has 0 fully saturated rings. The lowest BCUT2D eigenvalue weighted by molar-refractivity contribution is -0.121. The largest absolute Gasteiger partial charge is 0.348 e. The van der Waals surface area contributed by atoms with Crippen LogP contribution in [0.4, 0.5) is 0 Å². The first-order chi connectivity index (χ1) is 11.0. The highest BCUT2D eigenvalue weighted by atomic mass is 32.2. The van der Waals surface area contributed by atoms with Gasteiger partial charge in [-0.05, 0) is 56.0 Å². The highest BCUT2D eigenvalue weighted by molar-refractivity contribution is 8.00. The van der Waals surface area contributed by atoms with Gasteiger partial charge in [0, 0.05) is 4.90 Å². The third-order valence-electron chi connectivity index (χ3n) is 4.08. The molecule has 0 heterocycles. The molecular weight excluding hydrogens is 302 g/mol. The zero-order valence-electron chi connectivity index (χ0n) is 14.3. The number of carbonyl (C=O) groups is 1. The van der Waals surface area contributed by atoms with Crippen molar-refractivity contribution in [3.63, 3.8) is 0 Å². The quantitative estimate of drug-likeness (QED) is 0.752. The Morgan fingerprint density at radius 3 is 2.39 bits per heavy atom. The van der Waals surface area contributed by atoms with Crippen molar-refractivity contribution in [1.29, 1.82) is 0 Å². The zero-order chi connectivity index (χ0) is 16.8. The van der Waals surface area contributed by atoms with Gasteiger partial charge in [-0.15, -0.1) is 11.8 Å². The maximum atomic E-state index is 12.5. The van der Waals surface area contributed by atoms with E-state index in [1.807, 2.05) is 37.3 Å². The average Bonchev–Trinajstić information content (AvgIpc) is 2.56. The molecule has 122 valence electrons. The number of rotatable bonds is 6. The van der Waals surface area contributed by atoms with Gasteiger partial charge in [0.25, 0.3) is 0 Å². The molecule has 0 aliphatic carbocycles. The van der Waals surface area contributed by atoms with Gasteiger partial charge in [0.2, 0.25) is 5.91 Å². The van der Waals surface area contributed by atoms with E-state index in [2.05, 4.69) is 44.3 Å². The summed E-state index contributed by atoms with van der Waals surface area (Å²) in [5.41, 5.74) is 3.73. The van der Waals surface area contributed by atoms with Crippen LogP contribution in [-0.4, -0.2) is 11.2 Å². The molecule has 0 aliphatic rings. The molecule has 2 aromatic rings. The molecule has 0 spiro atoms. The lowest BCUT2D eigenvalue weighted by Crippen LogP contribution is -2.34. The van der Waals surface area contributed by atoms with Crippen molar-refractivity contribution in [3.8, 4) is 0 Å². The molecule has 2 nitrogen and oxygen atoms in total. The van der Waals surface area contributed by atoms with Gasteiger partial charge in [0.15, 0.2) is 0 Å². The van der Waals surface area contributed by atoms with Crippen molar-refractivity contribution in [2.45, 2.75) is 50.3 Å². The predicted octanol–water partition coefficient (Wildman–Crippen LogP) is 5.05. The summed E-state index contributed by atoms with van der Waals surface area (Å²) >= 11 is 1.59. The van der Waals surface area contributed by atoms with Crippen LogP contribution >= 0.6 is 11.8 Å². The van der Waals surface area contributed by atoms with Crippen LogP contribution in [0.15, 0.2) is 53.4 Å². The fraction of sp³-hybridized carbons (Fsp3) is 0.350. The molecule has 1 N–H and O–H groups in total. The minimum absolute atomic E-state index is 0.0700. The topological polar surface area (TPSA) is 29.1 Å². The smallest absolute Gasteiger partial charge is 0.233 e. The molecule has 0 aliphatic heterocycles. The molecule has 0 radical (unpaired) electrons. The maximum Gasteiger partial charge on any atom is 0.233 e. The number of carbonyl (C=O) groups excluding carboxylic acids is 1. The van der Waals surface area contributed by atoms with Crippen LogP contribution in [0.25, 0.3) is 0 Å². The number of benzene rings is 2. The van der Waals surface area contributed by atoms with Crippen LogP contribution in [0.1, 0.15) is 43.0 Å². The Morgan fingerprint density at radius 1 is 1.09 bits per heavy atom. The van der Waals surface area contributed by atoms with E-state index in [0.717, 1.165) is 11.3 Å². The third kappa shape index (κ3) is 4.87. The number of hydrogen-bond donors (Lipinski definition) is 1. The standard InChI is InChI=1S/C20H25NOS/c1-5-19(17-12-11-14(2)15(3)13-17)21-20(22)16(4)23-18-9-7-6-8-10-18/h6-13,16,19H,5H2,1-4H3,(H,21,22). The molecule has 0 saturated carbocycles. The van der Waals surface area contributed by atoms with Crippen molar-refractivity contribution >= 4 is 17.7 Å². The molecule has 1 amide bonds. The molecule has 2 atom stereocenters. The SMILES string of the molecule is CCC(NC(=O)C(C)Sc1ccccc1)c1ccc(C)c(C)c1. The van der Waals surface area contributed by atoms with Crippen LogP contribution in [-0.2, 0) is 4.79 Å². The number of hydrogen-bond acceptors (Lipinski definition) is 2. The monoisotopic (exact) mass is 327 g/mol. The van der Waals surface area contributed by atoms with E-state index in [1.54, 1.807) is 11.8 Å². The Balaban J connectivity index is 2.02. The van der Waals surface area contributed by atoms with Crippen LogP contribution in [0.5, 0.6) is 0 Å². The first-order valence-corrected chi connectivity index (χ1v) is 8.98. The summed E-state index contributed by atoms with van der Waals surface area (Å²) in [5, 5.41) is 3.08. The minimum atomic E-state index is -0.113. The zero-order valence-corrected chi connectivity index (χ0v) is 15.1. The molecule has 2 aromatic carbocycles. The van der Waals surface area contributed by atoms with Gasteiger partial charge < -0.3 is 5.32 Å². The summed E-state index contributed by atoms with van der Waals surface area (Å²) in [6.07, 6.45) is 0.886. The molecular formula is C20H25NOS. The highest BCUT2D eigenvalue weighted by Gasteiger charge is 2.19. The van der Waals surface area contributed by atoms with Crippen molar-refractivity contribution in [3.05, 3.63) is 65.2 Å². The van der Waals surface area contributed by atoms with E-state index in [1.165, 1.54) is 16.7 Å². The van der Waals surface area contributed by atoms with E-state index in [9.17, 15) is 4.79 Å². The van der Waals surface area contributed by atoms with E-state index >= 15 is 0 Å². The summed E-state index contributed by atoms with van der Waals surface area (Å²) in [6, 6.07) is 16.5. The van der Waals surface area contributed by atoms with Crippen LogP contribution in [0.3, 0.4) is 0 Å². The minimum Gasteiger partial charge on any atom is -0.348 e. The van der Waals surface area contributed by atoms with Crippen molar-refractivity contribution in [1.82, 2.24) is 5.32 Å². The highest BCUT2D eigenvalue weighted by Crippen LogP contribution is 2.25. The molecule has 3 heteroatoms. The van der Waals surface area contributed by atoms with Gasteiger partial charge >= 0.3 is 0 Å². The van der Waals surface area contributed by atoms with Crippen molar-refractivity contribution in [2.75, 3.05) is 0 Å². The van der Waals surface area contributed by atoms with Gasteiger partial charge in [-0.25, -0.2) is 0 Å². The second-order valence-corrected chi connectivity index (χ2v) is 7.30. The first-order valence-electron chi connectivity index (χ1n) is 8.10.